The van der Waals surface area contributed by atoms with Crippen molar-refractivity contribution in [1.29, 1.82) is 0 Å². The maximum atomic E-state index is 4.18. The fraction of sp³-hybridized carbons (Fsp3) is 0.550. The van der Waals surface area contributed by atoms with Crippen LogP contribution in [0.5, 0.6) is 0 Å². The molecular formula is C40H66N4. The molecule has 2 aromatic rings. The van der Waals surface area contributed by atoms with Crippen molar-refractivity contribution >= 4 is 5.57 Å². The van der Waals surface area contributed by atoms with Crippen LogP contribution in [0.25, 0.3) is 5.57 Å². The first-order valence-electron chi connectivity index (χ1n) is 16.8. The minimum atomic E-state index is -0.0252. The second kappa shape index (κ2) is 23.5. The van der Waals surface area contributed by atoms with E-state index in [2.05, 4.69) is 138 Å². The molecule has 4 heteroatoms. The standard InChI is InChI=1S/C25H34N2.C8H17N.C5H13N.C2H2/c1-7-21-15-20(12-11-19(21)4)13-14-25(5,26-6)27-16-22-9-8-10-23(18(2)3)24(22)17-27;1-4-7-9(6-3)8-5-2;1-3-4-5-6-2;1-2/h8-12,15,26H,2,7,13-14,16-17H2,1,3-6H3;6H,3-5,7-8H2,1-2H3;6H,3-5H2,1-2H3;1-2H. The molecule has 0 amide bonds. The monoisotopic (exact) mass is 603 g/mol. The lowest BCUT2D eigenvalue weighted by Gasteiger charge is -2.39. The quantitative estimate of drug-likeness (QED) is 0.157. The minimum Gasteiger partial charge on any atom is -0.378 e. The molecule has 1 unspecified atom stereocenters. The van der Waals surface area contributed by atoms with E-state index in [4.69, 9.17) is 0 Å². The molecule has 1 heterocycles. The smallest absolute Gasteiger partial charge is 0.0690 e. The number of terminal acetylenes is 1. The third kappa shape index (κ3) is 13.9. The number of rotatable bonds is 15. The normalized spacial score (nSPS) is 13.1. The van der Waals surface area contributed by atoms with Crippen LogP contribution in [-0.4, -0.2) is 49.2 Å². The van der Waals surface area contributed by atoms with E-state index in [1.54, 1.807) is 0 Å². The van der Waals surface area contributed by atoms with E-state index < -0.39 is 0 Å². The summed E-state index contributed by atoms with van der Waals surface area (Å²) >= 11 is 0. The molecule has 2 N–H and O–H groups in total. The first-order chi connectivity index (χ1) is 21.1. The molecule has 1 aliphatic heterocycles. The van der Waals surface area contributed by atoms with Crippen LogP contribution in [0.2, 0.25) is 0 Å². The summed E-state index contributed by atoms with van der Waals surface area (Å²) in [6, 6.07) is 13.6. The van der Waals surface area contributed by atoms with Crippen LogP contribution in [0.4, 0.5) is 0 Å². The second-order valence-electron chi connectivity index (χ2n) is 11.9. The van der Waals surface area contributed by atoms with E-state index in [1.807, 2.05) is 13.2 Å². The van der Waals surface area contributed by atoms with E-state index in [0.717, 1.165) is 57.6 Å². The topological polar surface area (TPSA) is 30.5 Å². The number of aryl methyl sites for hydroxylation is 3. The SMILES string of the molecule is C#C.C=C(C)c1cccc2c1CN(C(C)(CCc1ccc(C)c(CC)c1)NC)C2.C=CN(CCC)CCC.CCCCNC. The van der Waals surface area contributed by atoms with Gasteiger partial charge in [0.15, 0.2) is 0 Å². The Kier molecular flexibility index (Phi) is 22.0. The van der Waals surface area contributed by atoms with Gasteiger partial charge in [-0.3, -0.25) is 4.90 Å². The van der Waals surface area contributed by atoms with Gasteiger partial charge in [0.25, 0.3) is 0 Å². The number of hydrogen-bond acceptors (Lipinski definition) is 4. The van der Waals surface area contributed by atoms with Crippen LogP contribution in [0.3, 0.4) is 0 Å². The molecule has 0 saturated heterocycles. The minimum absolute atomic E-state index is 0.0252. The van der Waals surface area contributed by atoms with Gasteiger partial charge < -0.3 is 15.5 Å². The van der Waals surface area contributed by atoms with Crippen molar-refractivity contribution in [1.82, 2.24) is 20.4 Å². The zero-order valence-corrected chi connectivity index (χ0v) is 30.0. The van der Waals surface area contributed by atoms with E-state index in [-0.39, 0.29) is 5.66 Å². The Labute approximate surface area is 273 Å². The molecule has 3 rings (SSSR count). The van der Waals surface area contributed by atoms with E-state index >= 15 is 0 Å². The Hall–Kier alpha value is -2.84. The van der Waals surface area contributed by atoms with Crippen molar-refractivity contribution in [2.75, 3.05) is 33.7 Å². The summed E-state index contributed by atoms with van der Waals surface area (Å²) in [4.78, 5) is 4.83. The highest BCUT2D eigenvalue weighted by molar-refractivity contribution is 5.66. The molecule has 1 aliphatic rings. The molecule has 0 radical (unpaired) electrons. The van der Waals surface area contributed by atoms with Crippen molar-refractivity contribution in [3.63, 3.8) is 0 Å². The largest absolute Gasteiger partial charge is 0.378 e. The summed E-state index contributed by atoms with van der Waals surface area (Å²) in [5.74, 6) is 0. The van der Waals surface area contributed by atoms with Gasteiger partial charge >= 0.3 is 0 Å². The van der Waals surface area contributed by atoms with Gasteiger partial charge in [-0.25, -0.2) is 0 Å². The first kappa shape index (κ1) is 41.2. The van der Waals surface area contributed by atoms with E-state index in [9.17, 15) is 0 Å². The summed E-state index contributed by atoms with van der Waals surface area (Å²) in [6.45, 7) is 28.8. The average Bonchev–Trinajstić information content (AvgIpc) is 3.50. The lowest BCUT2D eigenvalue weighted by molar-refractivity contribution is 0.0662. The van der Waals surface area contributed by atoms with Crippen molar-refractivity contribution in [3.8, 4) is 12.8 Å². The Bertz CT molecular complexity index is 1090. The highest BCUT2D eigenvalue weighted by Gasteiger charge is 2.35. The summed E-state index contributed by atoms with van der Waals surface area (Å²) in [5, 5.41) is 6.69. The number of nitrogens with one attached hydrogen (secondary N) is 2. The van der Waals surface area contributed by atoms with Gasteiger partial charge in [0.2, 0.25) is 0 Å². The highest BCUT2D eigenvalue weighted by Crippen LogP contribution is 2.34. The lowest BCUT2D eigenvalue weighted by atomic mass is 9.96. The molecule has 1 atom stereocenters. The summed E-state index contributed by atoms with van der Waals surface area (Å²) in [7, 11) is 4.07. The summed E-state index contributed by atoms with van der Waals surface area (Å²) < 4.78 is 0. The molecule has 0 aromatic heterocycles. The Morgan fingerprint density at radius 1 is 1.02 bits per heavy atom. The molecule has 2 aromatic carbocycles. The van der Waals surface area contributed by atoms with Crippen LogP contribution in [0, 0.1) is 19.8 Å². The van der Waals surface area contributed by atoms with Gasteiger partial charge in [0.1, 0.15) is 0 Å². The lowest BCUT2D eigenvalue weighted by Crippen LogP contribution is -2.53. The first-order valence-corrected chi connectivity index (χ1v) is 16.8. The van der Waals surface area contributed by atoms with Gasteiger partial charge in [0, 0.05) is 26.2 Å². The number of unbranched alkanes of at least 4 members (excludes halogenated alkanes) is 1. The molecule has 0 spiro atoms. The van der Waals surface area contributed by atoms with Crippen molar-refractivity contribution < 1.29 is 0 Å². The fourth-order valence-electron chi connectivity index (χ4n) is 5.48. The molecule has 0 aliphatic carbocycles. The number of allylic oxidation sites excluding steroid dienone is 1. The average molecular weight is 603 g/mol. The summed E-state index contributed by atoms with van der Waals surface area (Å²) in [5.41, 5.74) is 9.67. The zero-order valence-electron chi connectivity index (χ0n) is 30.0. The van der Waals surface area contributed by atoms with Crippen LogP contribution < -0.4 is 10.6 Å². The predicted octanol–water partition coefficient (Wildman–Crippen LogP) is 8.98. The molecule has 0 bridgehead atoms. The Balaban J connectivity index is 0.000000899. The molecular weight excluding hydrogens is 536 g/mol. The third-order valence-electron chi connectivity index (χ3n) is 8.43. The number of nitrogens with zero attached hydrogens (tertiary/aromatic N) is 2. The van der Waals surface area contributed by atoms with Crippen LogP contribution >= 0.6 is 0 Å². The van der Waals surface area contributed by atoms with Crippen molar-refractivity contribution in [2.45, 2.75) is 112 Å². The van der Waals surface area contributed by atoms with Crippen LogP contribution in [-0.2, 0) is 25.9 Å². The predicted molar refractivity (Wildman–Crippen MR) is 198 cm³/mol. The third-order valence-corrected chi connectivity index (χ3v) is 8.43. The maximum Gasteiger partial charge on any atom is 0.0690 e. The number of fused-ring (bicyclic) bond motifs is 1. The van der Waals surface area contributed by atoms with Crippen molar-refractivity contribution in [2.24, 2.45) is 0 Å². The number of benzene rings is 2. The molecule has 0 fully saturated rings. The fourth-order valence-corrected chi connectivity index (χ4v) is 5.48. The van der Waals surface area contributed by atoms with Gasteiger partial charge in [-0.2, -0.15) is 0 Å². The van der Waals surface area contributed by atoms with Gasteiger partial charge in [0.05, 0.1) is 5.66 Å². The molecule has 4 nitrogen and oxygen atoms in total. The highest BCUT2D eigenvalue weighted by atomic mass is 15.3. The molecule has 246 valence electrons. The van der Waals surface area contributed by atoms with Gasteiger partial charge in [-0.05, 0) is 120 Å². The maximum absolute atomic E-state index is 4.18. The van der Waals surface area contributed by atoms with E-state index in [1.165, 1.54) is 59.1 Å². The van der Waals surface area contributed by atoms with Gasteiger partial charge in [-0.15, -0.1) is 12.8 Å². The van der Waals surface area contributed by atoms with Crippen LogP contribution in [0.1, 0.15) is 107 Å². The van der Waals surface area contributed by atoms with Crippen molar-refractivity contribution in [3.05, 3.63) is 89.1 Å². The summed E-state index contributed by atoms with van der Waals surface area (Å²) in [6.07, 6.45) is 18.2. The Morgan fingerprint density at radius 3 is 2.16 bits per heavy atom. The molecule has 44 heavy (non-hydrogen) atoms. The Morgan fingerprint density at radius 2 is 1.68 bits per heavy atom. The second-order valence-corrected chi connectivity index (χ2v) is 11.9. The van der Waals surface area contributed by atoms with Gasteiger partial charge in [-0.1, -0.05) is 89.2 Å². The number of hydrogen-bond donors (Lipinski definition) is 2. The van der Waals surface area contributed by atoms with Crippen LogP contribution in [0.15, 0.2) is 55.8 Å². The zero-order chi connectivity index (χ0) is 33.5. The molecule has 0 saturated carbocycles. The van der Waals surface area contributed by atoms with E-state index in [0.29, 0.717) is 0 Å².